The zero-order valence-electron chi connectivity index (χ0n) is 14.3. The minimum atomic E-state index is -1.37. The van der Waals surface area contributed by atoms with E-state index < -0.39 is 24.5 Å². The molecule has 1 saturated heterocycles. The van der Waals surface area contributed by atoms with Gasteiger partial charge in [0.1, 0.15) is 18.1 Å². The van der Waals surface area contributed by atoms with Crippen molar-refractivity contribution in [2.24, 2.45) is 0 Å². The van der Waals surface area contributed by atoms with Crippen molar-refractivity contribution in [3.8, 4) is 5.75 Å². The van der Waals surface area contributed by atoms with Gasteiger partial charge in [-0.15, -0.1) is 0 Å². The molecule has 1 N–H and O–H groups in total. The van der Waals surface area contributed by atoms with Crippen molar-refractivity contribution in [1.29, 1.82) is 0 Å². The maximum absolute atomic E-state index is 12.6. The molecule has 2 aromatic rings. The summed E-state index contributed by atoms with van der Waals surface area (Å²) in [6.45, 7) is -0.549. The molecule has 3 rings (SSSR count). The highest BCUT2D eigenvalue weighted by atomic mass is 79.9. The van der Waals surface area contributed by atoms with Gasteiger partial charge in [-0.3, -0.25) is 9.69 Å². The summed E-state index contributed by atoms with van der Waals surface area (Å²) in [5.41, 5.74) is 1.22. The summed E-state index contributed by atoms with van der Waals surface area (Å²) in [7, 11) is 0. The Bertz CT molecular complexity index is 975. The van der Waals surface area contributed by atoms with E-state index in [9.17, 15) is 19.5 Å². The minimum absolute atomic E-state index is 0.0513. The Morgan fingerprint density at radius 2 is 1.93 bits per heavy atom. The van der Waals surface area contributed by atoms with Crippen molar-refractivity contribution < 1.29 is 24.2 Å². The third-order valence-electron chi connectivity index (χ3n) is 3.83. The number of rotatable bonds is 6. The molecule has 0 unspecified atom stereocenters. The number of nitrogens with zero attached hydrogens (tertiary/aromatic N) is 1. The first kappa shape index (κ1) is 19.9. The van der Waals surface area contributed by atoms with Crippen molar-refractivity contribution in [2.45, 2.75) is 6.54 Å². The topological polar surface area (TPSA) is 98.8 Å². The Kier molecular flexibility index (Phi) is 6.01. The number of aliphatic carboxylic acids is 1. The number of halogens is 2. The van der Waals surface area contributed by atoms with Crippen LogP contribution in [0.2, 0.25) is 5.02 Å². The molecule has 3 amide bonds. The Morgan fingerprint density at radius 1 is 1.21 bits per heavy atom. The second kappa shape index (κ2) is 8.45. The number of nitrogens with one attached hydrogen (secondary N) is 1. The molecule has 0 saturated carbocycles. The fourth-order valence-electron chi connectivity index (χ4n) is 2.54. The monoisotopic (exact) mass is 463 g/mol. The van der Waals surface area contributed by atoms with Crippen molar-refractivity contribution in [2.75, 3.05) is 6.61 Å². The standard InChI is InChI=1S/C19H14BrClN2O5/c20-13-3-6-16(28-10-17(24)25)12(7-13)8-15-18(26)23(19(27)22-15)9-11-1-4-14(21)5-2-11/h1-8H,9-10H2,(H,22,27)(H,24,25)/p-1/b15-8-. The van der Waals surface area contributed by atoms with E-state index in [2.05, 4.69) is 21.2 Å². The molecular formula is C19H13BrClN2O5-. The van der Waals surface area contributed by atoms with Gasteiger partial charge in [-0.05, 0) is 42.0 Å². The van der Waals surface area contributed by atoms with E-state index in [0.29, 0.717) is 15.1 Å². The van der Waals surface area contributed by atoms with Crippen LogP contribution in [0.15, 0.2) is 52.6 Å². The van der Waals surface area contributed by atoms with Crippen LogP contribution in [0.5, 0.6) is 5.75 Å². The molecule has 1 heterocycles. The molecule has 1 fully saturated rings. The number of hydrogen-bond donors (Lipinski definition) is 1. The van der Waals surface area contributed by atoms with E-state index in [1.807, 2.05) is 0 Å². The first-order chi connectivity index (χ1) is 13.3. The maximum Gasteiger partial charge on any atom is 0.329 e. The third kappa shape index (κ3) is 4.71. The molecule has 9 heteroatoms. The summed E-state index contributed by atoms with van der Waals surface area (Å²) in [4.78, 5) is 36.6. The van der Waals surface area contributed by atoms with Crippen LogP contribution in [0, 0.1) is 0 Å². The molecule has 7 nitrogen and oxygen atoms in total. The van der Waals surface area contributed by atoms with Gasteiger partial charge >= 0.3 is 6.03 Å². The third-order valence-corrected chi connectivity index (χ3v) is 4.58. The van der Waals surface area contributed by atoms with E-state index in [1.54, 1.807) is 42.5 Å². The molecule has 0 aromatic heterocycles. The fraction of sp³-hybridized carbons (Fsp3) is 0.105. The number of ether oxygens (including phenoxy) is 1. The summed E-state index contributed by atoms with van der Waals surface area (Å²) in [6.07, 6.45) is 1.43. The Balaban J connectivity index is 1.84. The van der Waals surface area contributed by atoms with Crippen LogP contribution in [0.3, 0.4) is 0 Å². The number of benzene rings is 2. The molecule has 144 valence electrons. The van der Waals surface area contributed by atoms with E-state index >= 15 is 0 Å². The van der Waals surface area contributed by atoms with Crippen LogP contribution < -0.4 is 15.2 Å². The predicted molar refractivity (Wildman–Crippen MR) is 103 cm³/mol. The molecular weight excluding hydrogens is 452 g/mol. The van der Waals surface area contributed by atoms with Crippen LogP contribution in [0.25, 0.3) is 6.08 Å². The maximum atomic E-state index is 12.6. The molecule has 0 atom stereocenters. The average Bonchev–Trinajstić information content (AvgIpc) is 2.90. The predicted octanol–water partition coefficient (Wildman–Crippen LogP) is 2.32. The molecule has 1 aliphatic heterocycles. The van der Waals surface area contributed by atoms with Crippen LogP contribution in [-0.2, 0) is 16.1 Å². The van der Waals surface area contributed by atoms with Crippen LogP contribution in [0.4, 0.5) is 4.79 Å². The molecule has 0 radical (unpaired) electrons. The van der Waals surface area contributed by atoms with Crippen molar-refractivity contribution in [3.05, 3.63) is 68.8 Å². The molecule has 1 aliphatic rings. The number of imide groups is 1. The van der Waals surface area contributed by atoms with Gasteiger partial charge in [0, 0.05) is 15.1 Å². The number of hydrogen-bond acceptors (Lipinski definition) is 5. The lowest BCUT2D eigenvalue weighted by Gasteiger charge is -2.12. The van der Waals surface area contributed by atoms with E-state index in [1.165, 1.54) is 6.08 Å². The van der Waals surface area contributed by atoms with Crippen molar-refractivity contribution in [3.63, 3.8) is 0 Å². The first-order valence-electron chi connectivity index (χ1n) is 8.04. The SMILES string of the molecule is O=C([O-])COc1ccc(Br)cc1/C=C1\NC(=O)N(Cc2ccc(Cl)cc2)C1=O. The number of carbonyl (C=O) groups excluding carboxylic acids is 3. The fourth-order valence-corrected chi connectivity index (χ4v) is 3.05. The first-order valence-corrected chi connectivity index (χ1v) is 9.22. The number of urea groups is 1. The summed E-state index contributed by atoms with van der Waals surface area (Å²) in [5.74, 6) is -1.65. The zero-order valence-corrected chi connectivity index (χ0v) is 16.6. The summed E-state index contributed by atoms with van der Waals surface area (Å²) in [6, 6.07) is 11.1. The van der Waals surface area contributed by atoms with Crippen LogP contribution >= 0.6 is 27.5 Å². The highest BCUT2D eigenvalue weighted by Gasteiger charge is 2.33. The van der Waals surface area contributed by atoms with Gasteiger partial charge in [-0.25, -0.2) is 4.79 Å². The number of carboxylic acids is 1. The Morgan fingerprint density at radius 3 is 2.61 bits per heavy atom. The zero-order chi connectivity index (χ0) is 20.3. The highest BCUT2D eigenvalue weighted by molar-refractivity contribution is 9.10. The van der Waals surface area contributed by atoms with E-state index in [-0.39, 0.29) is 18.0 Å². The van der Waals surface area contributed by atoms with Crippen molar-refractivity contribution in [1.82, 2.24) is 10.2 Å². The lowest BCUT2D eigenvalue weighted by Crippen LogP contribution is -2.30. The number of carbonyl (C=O) groups is 3. The highest BCUT2D eigenvalue weighted by Crippen LogP contribution is 2.27. The van der Waals surface area contributed by atoms with E-state index in [4.69, 9.17) is 16.3 Å². The van der Waals surface area contributed by atoms with Gasteiger partial charge in [-0.1, -0.05) is 39.7 Å². The molecule has 28 heavy (non-hydrogen) atoms. The smallest absolute Gasteiger partial charge is 0.329 e. The molecule has 2 aromatic carbocycles. The Hall–Kier alpha value is -2.84. The summed E-state index contributed by atoms with van der Waals surface area (Å²) < 4.78 is 5.87. The quantitative estimate of drug-likeness (QED) is 0.522. The van der Waals surface area contributed by atoms with Gasteiger partial charge in [0.15, 0.2) is 0 Å². The number of carboxylic acid groups (broad SMARTS) is 1. The second-order valence-electron chi connectivity index (χ2n) is 5.85. The van der Waals surface area contributed by atoms with Gasteiger partial charge in [0.25, 0.3) is 5.91 Å². The van der Waals surface area contributed by atoms with Crippen molar-refractivity contribution >= 4 is 51.5 Å². The molecule has 0 aliphatic carbocycles. The van der Waals surface area contributed by atoms with Crippen LogP contribution in [-0.4, -0.2) is 29.4 Å². The number of amides is 3. The van der Waals surface area contributed by atoms with Gasteiger partial charge in [-0.2, -0.15) is 0 Å². The second-order valence-corrected chi connectivity index (χ2v) is 7.20. The molecule has 0 spiro atoms. The van der Waals surface area contributed by atoms with Gasteiger partial charge in [0.2, 0.25) is 0 Å². The summed E-state index contributed by atoms with van der Waals surface area (Å²) in [5, 5.41) is 13.7. The van der Waals surface area contributed by atoms with Gasteiger partial charge < -0.3 is 20.0 Å². The average molecular weight is 465 g/mol. The lowest BCUT2D eigenvalue weighted by molar-refractivity contribution is -0.307. The molecule has 0 bridgehead atoms. The Labute approximate surface area is 173 Å². The normalized spacial score (nSPS) is 15.1. The summed E-state index contributed by atoms with van der Waals surface area (Å²) >= 11 is 9.15. The minimum Gasteiger partial charge on any atom is -0.546 e. The van der Waals surface area contributed by atoms with E-state index in [0.717, 1.165) is 10.5 Å². The lowest BCUT2D eigenvalue weighted by atomic mass is 10.1. The largest absolute Gasteiger partial charge is 0.546 e. The van der Waals surface area contributed by atoms with Gasteiger partial charge in [0.05, 0.1) is 12.5 Å². The van der Waals surface area contributed by atoms with Crippen LogP contribution in [0.1, 0.15) is 11.1 Å².